The van der Waals surface area contributed by atoms with E-state index < -0.39 is 0 Å². The third kappa shape index (κ3) is 1.57. The fourth-order valence-electron chi connectivity index (χ4n) is 2.19. The Morgan fingerprint density at radius 3 is 2.61 bits per heavy atom. The first kappa shape index (κ1) is 10.9. The quantitative estimate of drug-likeness (QED) is 0.654. The van der Waals surface area contributed by atoms with Crippen molar-refractivity contribution in [2.24, 2.45) is 7.05 Å². The predicted molar refractivity (Wildman–Crippen MR) is 71.2 cm³/mol. The summed E-state index contributed by atoms with van der Waals surface area (Å²) in [5.74, 6) is 0.747. The van der Waals surface area contributed by atoms with Gasteiger partial charge in [-0.1, -0.05) is 18.2 Å². The molecule has 18 heavy (non-hydrogen) atoms. The van der Waals surface area contributed by atoms with E-state index in [2.05, 4.69) is 15.1 Å². The SMILES string of the molecule is Cc1nn(C)c(C)c1-c1ncc2ccccc2n1. The number of fused-ring (bicyclic) bond motifs is 1. The highest BCUT2D eigenvalue weighted by molar-refractivity contribution is 5.79. The summed E-state index contributed by atoms with van der Waals surface area (Å²) in [6.45, 7) is 4.02. The van der Waals surface area contributed by atoms with Gasteiger partial charge in [0, 0.05) is 24.3 Å². The van der Waals surface area contributed by atoms with E-state index in [9.17, 15) is 0 Å². The Hall–Kier alpha value is -2.23. The highest BCUT2D eigenvalue weighted by Gasteiger charge is 2.14. The van der Waals surface area contributed by atoms with Crippen LogP contribution in [0.2, 0.25) is 0 Å². The molecule has 0 unspecified atom stereocenters. The molecule has 0 aliphatic heterocycles. The fraction of sp³-hybridized carbons (Fsp3) is 0.214. The van der Waals surface area contributed by atoms with Gasteiger partial charge in [0.25, 0.3) is 0 Å². The first-order chi connectivity index (χ1) is 8.66. The molecule has 4 nitrogen and oxygen atoms in total. The van der Waals surface area contributed by atoms with Crippen LogP contribution in [0.1, 0.15) is 11.4 Å². The number of rotatable bonds is 1. The van der Waals surface area contributed by atoms with Crippen molar-refractivity contribution in [3.63, 3.8) is 0 Å². The van der Waals surface area contributed by atoms with E-state index in [4.69, 9.17) is 0 Å². The molecule has 0 bridgehead atoms. The second-order valence-electron chi connectivity index (χ2n) is 4.42. The topological polar surface area (TPSA) is 43.6 Å². The van der Waals surface area contributed by atoms with Gasteiger partial charge in [-0.15, -0.1) is 0 Å². The monoisotopic (exact) mass is 238 g/mol. The van der Waals surface area contributed by atoms with Gasteiger partial charge >= 0.3 is 0 Å². The van der Waals surface area contributed by atoms with Crippen LogP contribution in [-0.4, -0.2) is 19.7 Å². The second-order valence-corrected chi connectivity index (χ2v) is 4.42. The summed E-state index contributed by atoms with van der Waals surface area (Å²) in [7, 11) is 1.94. The Balaban J connectivity index is 2.25. The van der Waals surface area contributed by atoms with Crippen LogP contribution >= 0.6 is 0 Å². The van der Waals surface area contributed by atoms with Crippen LogP contribution in [0.25, 0.3) is 22.3 Å². The molecule has 4 heteroatoms. The minimum Gasteiger partial charge on any atom is -0.272 e. The molecule has 2 heterocycles. The second kappa shape index (κ2) is 3.91. The maximum absolute atomic E-state index is 4.62. The number of para-hydroxylation sites is 1. The van der Waals surface area contributed by atoms with Crippen molar-refractivity contribution in [2.75, 3.05) is 0 Å². The van der Waals surface area contributed by atoms with E-state index in [1.54, 1.807) is 0 Å². The maximum atomic E-state index is 4.62. The first-order valence-electron chi connectivity index (χ1n) is 5.89. The van der Waals surface area contributed by atoms with Gasteiger partial charge in [0.2, 0.25) is 0 Å². The van der Waals surface area contributed by atoms with E-state index in [1.807, 2.05) is 56.0 Å². The highest BCUT2D eigenvalue weighted by Crippen LogP contribution is 2.24. The number of aryl methyl sites for hydroxylation is 2. The Bertz CT molecular complexity index is 728. The molecular weight excluding hydrogens is 224 g/mol. The lowest BCUT2D eigenvalue weighted by Gasteiger charge is -2.02. The Morgan fingerprint density at radius 2 is 1.89 bits per heavy atom. The molecule has 0 aliphatic carbocycles. The van der Waals surface area contributed by atoms with E-state index >= 15 is 0 Å². The van der Waals surface area contributed by atoms with Crippen LogP contribution in [0.5, 0.6) is 0 Å². The number of hydrogen-bond acceptors (Lipinski definition) is 3. The lowest BCUT2D eigenvalue weighted by molar-refractivity contribution is 0.731. The zero-order valence-corrected chi connectivity index (χ0v) is 10.7. The zero-order valence-electron chi connectivity index (χ0n) is 10.7. The smallest absolute Gasteiger partial charge is 0.163 e. The third-order valence-corrected chi connectivity index (χ3v) is 3.22. The van der Waals surface area contributed by atoms with Gasteiger partial charge in [-0.3, -0.25) is 4.68 Å². The van der Waals surface area contributed by atoms with E-state index in [0.29, 0.717) is 0 Å². The van der Waals surface area contributed by atoms with Gasteiger partial charge in [0.05, 0.1) is 16.8 Å². The predicted octanol–water partition coefficient (Wildman–Crippen LogP) is 2.65. The standard InChI is InChI=1S/C14H14N4/c1-9-13(10(2)18(3)17-9)14-15-8-11-6-4-5-7-12(11)16-14/h4-8H,1-3H3. The van der Waals surface area contributed by atoms with Crippen LogP contribution in [-0.2, 0) is 7.05 Å². The van der Waals surface area contributed by atoms with E-state index in [1.165, 1.54) is 0 Å². The first-order valence-corrected chi connectivity index (χ1v) is 5.89. The molecule has 0 saturated heterocycles. The lowest BCUT2D eigenvalue weighted by atomic mass is 10.1. The molecule has 0 atom stereocenters. The van der Waals surface area contributed by atoms with Crippen molar-refractivity contribution in [1.29, 1.82) is 0 Å². The molecule has 0 fully saturated rings. The minimum atomic E-state index is 0.747. The van der Waals surface area contributed by atoms with Crippen molar-refractivity contribution >= 4 is 10.9 Å². The summed E-state index contributed by atoms with van der Waals surface area (Å²) in [5.41, 5.74) is 4.04. The largest absolute Gasteiger partial charge is 0.272 e. The number of hydrogen-bond donors (Lipinski definition) is 0. The average Bonchev–Trinajstić information content (AvgIpc) is 2.63. The van der Waals surface area contributed by atoms with Gasteiger partial charge in [0.1, 0.15) is 0 Å². The van der Waals surface area contributed by atoms with E-state index in [-0.39, 0.29) is 0 Å². The van der Waals surface area contributed by atoms with Gasteiger partial charge in [-0.2, -0.15) is 5.10 Å². The molecule has 0 N–H and O–H groups in total. The molecular formula is C14H14N4. The van der Waals surface area contributed by atoms with Gasteiger partial charge < -0.3 is 0 Å². The van der Waals surface area contributed by atoms with Crippen molar-refractivity contribution < 1.29 is 0 Å². The van der Waals surface area contributed by atoms with Crippen LogP contribution in [0.3, 0.4) is 0 Å². The summed E-state index contributed by atoms with van der Waals surface area (Å²) in [5, 5.41) is 5.46. The number of nitrogens with zero attached hydrogens (tertiary/aromatic N) is 4. The van der Waals surface area contributed by atoms with Gasteiger partial charge in [-0.05, 0) is 19.9 Å². The minimum absolute atomic E-state index is 0.747. The average molecular weight is 238 g/mol. The summed E-state index contributed by atoms with van der Waals surface area (Å²) < 4.78 is 1.86. The van der Waals surface area contributed by atoms with Crippen LogP contribution in [0, 0.1) is 13.8 Å². The summed E-state index contributed by atoms with van der Waals surface area (Å²) in [4.78, 5) is 9.06. The van der Waals surface area contributed by atoms with Gasteiger partial charge in [-0.25, -0.2) is 9.97 Å². The van der Waals surface area contributed by atoms with Crippen molar-refractivity contribution in [3.8, 4) is 11.4 Å². The molecule has 0 aliphatic rings. The molecule has 0 radical (unpaired) electrons. The Kier molecular flexibility index (Phi) is 2.37. The molecule has 0 saturated carbocycles. The molecule has 1 aromatic carbocycles. The maximum Gasteiger partial charge on any atom is 0.163 e. The lowest BCUT2D eigenvalue weighted by Crippen LogP contribution is -1.94. The van der Waals surface area contributed by atoms with Crippen LogP contribution < -0.4 is 0 Å². The summed E-state index contributed by atoms with van der Waals surface area (Å²) >= 11 is 0. The molecule has 3 rings (SSSR count). The molecule has 0 spiro atoms. The fourth-order valence-corrected chi connectivity index (χ4v) is 2.19. The normalized spacial score (nSPS) is 11.1. The molecule has 3 aromatic rings. The van der Waals surface area contributed by atoms with Crippen molar-refractivity contribution in [2.45, 2.75) is 13.8 Å². The van der Waals surface area contributed by atoms with Crippen molar-refractivity contribution in [1.82, 2.24) is 19.7 Å². The Labute approximate surface area is 105 Å². The molecule has 0 amide bonds. The van der Waals surface area contributed by atoms with Crippen LogP contribution in [0.4, 0.5) is 0 Å². The summed E-state index contributed by atoms with van der Waals surface area (Å²) in [6.07, 6.45) is 1.86. The summed E-state index contributed by atoms with van der Waals surface area (Å²) in [6, 6.07) is 8.00. The Morgan fingerprint density at radius 1 is 1.11 bits per heavy atom. The highest BCUT2D eigenvalue weighted by atomic mass is 15.3. The number of benzene rings is 1. The van der Waals surface area contributed by atoms with Crippen molar-refractivity contribution in [3.05, 3.63) is 41.9 Å². The molecule has 2 aromatic heterocycles. The van der Waals surface area contributed by atoms with E-state index in [0.717, 1.165) is 33.7 Å². The van der Waals surface area contributed by atoms with Crippen LogP contribution in [0.15, 0.2) is 30.5 Å². The van der Waals surface area contributed by atoms with Gasteiger partial charge in [0.15, 0.2) is 5.82 Å². The molecule has 90 valence electrons. The zero-order chi connectivity index (χ0) is 12.7. The number of aromatic nitrogens is 4. The third-order valence-electron chi connectivity index (χ3n) is 3.22.